The van der Waals surface area contributed by atoms with Crippen LogP contribution in [0, 0.1) is 0 Å². The summed E-state index contributed by atoms with van der Waals surface area (Å²) < 4.78 is 4.58. The van der Waals surface area contributed by atoms with Crippen LogP contribution in [-0.2, 0) is 19.9 Å². The van der Waals surface area contributed by atoms with Crippen molar-refractivity contribution in [2.75, 3.05) is 7.11 Å². The summed E-state index contributed by atoms with van der Waals surface area (Å²) in [5.41, 5.74) is -0.761. The van der Waals surface area contributed by atoms with Crippen LogP contribution < -0.4 is 5.32 Å². The summed E-state index contributed by atoms with van der Waals surface area (Å²) in [5, 5.41) is 12.2. The second-order valence-corrected chi connectivity index (χ2v) is 4.19. The van der Waals surface area contributed by atoms with Gasteiger partial charge >= 0.3 is 11.9 Å². The summed E-state index contributed by atoms with van der Waals surface area (Å²) >= 11 is 0. The fourth-order valence-electron chi connectivity index (χ4n) is 1.71. The SMILES string of the molecule is COC(=O)C(C)NC(C)(C(=O)O)c1ccccc1. The molecule has 0 fully saturated rings. The molecule has 18 heavy (non-hydrogen) atoms. The normalized spacial score (nSPS) is 15.5. The average molecular weight is 251 g/mol. The highest BCUT2D eigenvalue weighted by molar-refractivity contribution is 5.82. The first-order chi connectivity index (χ1) is 8.41. The monoisotopic (exact) mass is 251 g/mol. The number of aliphatic carboxylic acids is 1. The molecule has 0 saturated carbocycles. The number of rotatable bonds is 5. The van der Waals surface area contributed by atoms with E-state index in [1.54, 1.807) is 37.3 Å². The molecule has 1 aromatic carbocycles. The van der Waals surface area contributed by atoms with E-state index in [4.69, 9.17) is 0 Å². The Morgan fingerprint density at radius 2 is 1.89 bits per heavy atom. The van der Waals surface area contributed by atoms with Crippen molar-refractivity contribution in [1.29, 1.82) is 0 Å². The van der Waals surface area contributed by atoms with Crippen LogP contribution in [0.1, 0.15) is 19.4 Å². The number of hydrogen-bond donors (Lipinski definition) is 2. The van der Waals surface area contributed by atoms with Gasteiger partial charge in [-0.1, -0.05) is 30.3 Å². The van der Waals surface area contributed by atoms with Gasteiger partial charge in [0.25, 0.3) is 0 Å². The van der Waals surface area contributed by atoms with Crippen molar-refractivity contribution in [1.82, 2.24) is 5.32 Å². The highest BCUT2D eigenvalue weighted by Gasteiger charge is 2.37. The topological polar surface area (TPSA) is 75.6 Å². The first-order valence-electron chi connectivity index (χ1n) is 5.56. The Kier molecular flexibility index (Phi) is 4.44. The zero-order chi connectivity index (χ0) is 13.8. The molecule has 5 nitrogen and oxygen atoms in total. The molecule has 0 spiro atoms. The Morgan fingerprint density at radius 1 is 1.33 bits per heavy atom. The van der Waals surface area contributed by atoms with Crippen LogP contribution in [0.2, 0.25) is 0 Å². The minimum Gasteiger partial charge on any atom is -0.480 e. The lowest BCUT2D eigenvalue weighted by Gasteiger charge is -2.29. The fourth-order valence-corrected chi connectivity index (χ4v) is 1.71. The summed E-state index contributed by atoms with van der Waals surface area (Å²) in [5.74, 6) is -1.55. The number of carboxylic acid groups (broad SMARTS) is 1. The summed E-state index contributed by atoms with van der Waals surface area (Å²) in [7, 11) is 1.27. The van der Waals surface area contributed by atoms with E-state index >= 15 is 0 Å². The summed E-state index contributed by atoms with van der Waals surface area (Å²) in [6, 6.07) is 7.99. The van der Waals surface area contributed by atoms with Gasteiger partial charge in [-0.05, 0) is 19.4 Å². The molecule has 0 bridgehead atoms. The van der Waals surface area contributed by atoms with Crippen molar-refractivity contribution >= 4 is 11.9 Å². The summed E-state index contributed by atoms with van der Waals surface area (Å²) in [4.78, 5) is 22.8. The molecule has 0 aliphatic rings. The van der Waals surface area contributed by atoms with Crippen molar-refractivity contribution < 1.29 is 19.4 Å². The van der Waals surface area contributed by atoms with Gasteiger partial charge in [0.05, 0.1) is 7.11 Å². The number of benzene rings is 1. The third-order valence-corrected chi connectivity index (χ3v) is 2.84. The summed E-state index contributed by atoms with van der Waals surface area (Å²) in [6.45, 7) is 3.08. The van der Waals surface area contributed by atoms with Gasteiger partial charge in [0, 0.05) is 0 Å². The van der Waals surface area contributed by atoms with Gasteiger partial charge in [-0.2, -0.15) is 0 Å². The van der Waals surface area contributed by atoms with Crippen molar-refractivity contribution in [2.45, 2.75) is 25.4 Å². The molecule has 1 aromatic rings. The van der Waals surface area contributed by atoms with Gasteiger partial charge in [-0.3, -0.25) is 10.1 Å². The van der Waals surface area contributed by atoms with E-state index in [-0.39, 0.29) is 0 Å². The van der Waals surface area contributed by atoms with Crippen LogP contribution in [0.15, 0.2) is 30.3 Å². The maximum atomic E-state index is 11.5. The summed E-state index contributed by atoms with van der Waals surface area (Å²) in [6.07, 6.45) is 0. The van der Waals surface area contributed by atoms with Crippen LogP contribution in [0.25, 0.3) is 0 Å². The quantitative estimate of drug-likeness (QED) is 0.767. The van der Waals surface area contributed by atoms with Gasteiger partial charge in [0.1, 0.15) is 11.6 Å². The highest BCUT2D eigenvalue weighted by atomic mass is 16.5. The molecular formula is C13H17NO4. The van der Waals surface area contributed by atoms with Gasteiger partial charge < -0.3 is 9.84 Å². The predicted molar refractivity (Wildman–Crippen MR) is 66.0 cm³/mol. The van der Waals surface area contributed by atoms with Crippen molar-refractivity contribution in [3.63, 3.8) is 0 Å². The minimum absolute atomic E-state index is 0.501. The van der Waals surface area contributed by atoms with Crippen molar-refractivity contribution in [3.05, 3.63) is 35.9 Å². The van der Waals surface area contributed by atoms with Crippen LogP contribution in [-0.4, -0.2) is 30.2 Å². The number of hydrogen-bond acceptors (Lipinski definition) is 4. The molecule has 0 aromatic heterocycles. The number of carbonyl (C=O) groups is 2. The average Bonchev–Trinajstić information content (AvgIpc) is 2.38. The van der Waals surface area contributed by atoms with Gasteiger partial charge in [0.15, 0.2) is 0 Å². The van der Waals surface area contributed by atoms with E-state index in [0.717, 1.165) is 0 Å². The third-order valence-electron chi connectivity index (χ3n) is 2.84. The lowest BCUT2D eigenvalue weighted by Crippen LogP contribution is -2.53. The molecule has 0 aliphatic carbocycles. The molecule has 1 rings (SSSR count). The van der Waals surface area contributed by atoms with Gasteiger partial charge in [-0.15, -0.1) is 0 Å². The molecule has 2 atom stereocenters. The molecular weight excluding hydrogens is 234 g/mol. The van der Waals surface area contributed by atoms with Crippen LogP contribution in [0.4, 0.5) is 0 Å². The zero-order valence-corrected chi connectivity index (χ0v) is 10.6. The molecule has 0 saturated heterocycles. The van der Waals surface area contributed by atoms with E-state index in [2.05, 4.69) is 10.1 Å². The predicted octanol–water partition coefficient (Wildman–Crippen LogP) is 1.14. The molecule has 0 radical (unpaired) electrons. The largest absolute Gasteiger partial charge is 0.480 e. The van der Waals surface area contributed by atoms with E-state index in [0.29, 0.717) is 5.56 Å². The number of nitrogens with one attached hydrogen (secondary N) is 1. The molecule has 2 unspecified atom stereocenters. The van der Waals surface area contributed by atoms with Crippen LogP contribution in [0.5, 0.6) is 0 Å². The van der Waals surface area contributed by atoms with Gasteiger partial charge in [0.2, 0.25) is 0 Å². The van der Waals surface area contributed by atoms with E-state index in [9.17, 15) is 14.7 Å². The first kappa shape index (κ1) is 14.2. The number of ether oxygens (including phenoxy) is 1. The molecule has 0 heterocycles. The molecule has 0 aliphatic heterocycles. The Hall–Kier alpha value is -1.88. The second-order valence-electron chi connectivity index (χ2n) is 4.19. The maximum Gasteiger partial charge on any atom is 0.328 e. The van der Waals surface area contributed by atoms with E-state index in [1.807, 2.05) is 0 Å². The Bertz CT molecular complexity index is 432. The Balaban J connectivity index is 3.03. The first-order valence-corrected chi connectivity index (χ1v) is 5.56. The Labute approximate surface area is 106 Å². The molecule has 0 amide bonds. The van der Waals surface area contributed by atoms with E-state index < -0.39 is 23.5 Å². The number of carboxylic acids is 1. The lowest BCUT2D eigenvalue weighted by atomic mass is 9.91. The van der Waals surface area contributed by atoms with E-state index in [1.165, 1.54) is 14.0 Å². The van der Waals surface area contributed by atoms with Crippen LogP contribution >= 0.6 is 0 Å². The molecule has 2 N–H and O–H groups in total. The molecule has 98 valence electrons. The number of methoxy groups -OCH3 is 1. The Morgan fingerprint density at radius 3 is 2.33 bits per heavy atom. The standard InChI is InChI=1S/C13H17NO4/c1-9(11(15)18-3)14-13(2,12(16)17)10-7-5-4-6-8-10/h4-9,14H,1-3H3,(H,16,17). The fraction of sp³-hybridized carbons (Fsp3) is 0.385. The number of carbonyl (C=O) groups excluding carboxylic acids is 1. The molecule has 5 heteroatoms. The minimum atomic E-state index is -1.34. The third kappa shape index (κ3) is 2.87. The van der Waals surface area contributed by atoms with Crippen molar-refractivity contribution in [2.24, 2.45) is 0 Å². The smallest absolute Gasteiger partial charge is 0.328 e. The zero-order valence-electron chi connectivity index (χ0n) is 10.6. The maximum absolute atomic E-state index is 11.5. The highest BCUT2D eigenvalue weighted by Crippen LogP contribution is 2.21. The van der Waals surface area contributed by atoms with Crippen LogP contribution in [0.3, 0.4) is 0 Å². The second kappa shape index (κ2) is 5.64. The van der Waals surface area contributed by atoms with Crippen molar-refractivity contribution in [3.8, 4) is 0 Å². The lowest BCUT2D eigenvalue weighted by molar-refractivity contribution is -0.148. The number of esters is 1. The van der Waals surface area contributed by atoms with Gasteiger partial charge in [-0.25, -0.2) is 4.79 Å².